The Bertz CT molecular complexity index is 660. The van der Waals surface area contributed by atoms with Crippen LogP contribution in [0.2, 0.25) is 0 Å². The van der Waals surface area contributed by atoms with E-state index in [9.17, 15) is 18.8 Å². The highest BCUT2D eigenvalue weighted by molar-refractivity contribution is 5.95. The number of benzene rings is 1. The summed E-state index contributed by atoms with van der Waals surface area (Å²) in [7, 11) is 0. The van der Waals surface area contributed by atoms with E-state index in [0.717, 1.165) is 31.4 Å². The van der Waals surface area contributed by atoms with Gasteiger partial charge in [-0.3, -0.25) is 4.79 Å². The fourth-order valence-electron chi connectivity index (χ4n) is 2.65. The largest absolute Gasteiger partial charge is 0.475 e. The summed E-state index contributed by atoms with van der Waals surface area (Å²) in [4.78, 5) is 12.2. The highest BCUT2D eigenvalue weighted by atomic mass is 19.1. The third-order valence-electron chi connectivity index (χ3n) is 3.83. The van der Waals surface area contributed by atoms with E-state index in [1.807, 2.05) is 0 Å². The second-order valence-corrected chi connectivity index (χ2v) is 5.47. The highest BCUT2D eigenvalue weighted by Gasteiger charge is 2.34. The highest BCUT2D eigenvalue weighted by Crippen LogP contribution is 2.29. The first-order chi connectivity index (χ1) is 11.0. The second-order valence-electron chi connectivity index (χ2n) is 5.47. The number of terminal acetylenes is 1. The van der Waals surface area contributed by atoms with Gasteiger partial charge in [-0.15, -0.1) is 6.42 Å². The topological polar surface area (TPSA) is 62.1 Å². The monoisotopic (exact) mass is 318 g/mol. The molecule has 0 spiro atoms. The van der Waals surface area contributed by atoms with Gasteiger partial charge in [0.25, 0.3) is 5.91 Å². The summed E-state index contributed by atoms with van der Waals surface area (Å²) < 4.78 is 32.5. The van der Waals surface area contributed by atoms with E-state index in [2.05, 4.69) is 17.3 Å². The molecule has 0 radical (unpaired) electrons. The third kappa shape index (κ3) is 3.78. The quantitative estimate of drug-likeness (QED) is 0.868. The number of hydrogen-bond acceptors (Lipinski definition) is 3. The Morgan fingerprint density at radius 2 is 1.91 bits per heavy atom. The second kappa shape index (κ2) is 7.11. The van der Waals surface area contributed by atoms with Gasteiger partial charge in [-0.25, -0.2) is 8.78 Å². The summed E-state index contributed by atoms with van der Waals surface area (Å²) in [5.74, 6) is -1.23. The van der Waals surface area contributed by atoms with E-state index in [1.54, 1.807) is 0 Å². The lowest BCUT2D eigenvalue weighted by Gasteiger charge is -2.31. The van der Waals surface area contributed by atoms with Gasteiger partial charge in [0, 0.05) is 5.56 Å². The molecule has 1 N–H and O–H groups in total. The van der Waals surface area contributed by atoms with Crippen LogP contribution in [0, 0.1) is 35.3 Å². The SMILES string of the molecule is C#CCOc1c(F)cc(C(=O)NC2(C#N)CCCCC2)cc1F. The zero-order valence-corrected chi connectivity index (χ0v) is 12.5. The van der Waals surface area contributed by atoms with Crippen LogP contribution in [0.15, 0.2) is 12.1 Å². The average molecular weight is 318 g/mol. The van der Waals surface area contributed by atoms with Crippen LogP contribution in [0.25, 0.3) is 0 Å². The molecule has 1 aromatic rings. The van der Waals surface area contributed by atoms with Gasteiger partial charge in [0.05, 0.1) is 6.07 Å². The van der Waals surface area contributed by atoms with Gasteiger partial charge in [0.15, 0.2) is 17.4 Å². The number of nitrogens with zero attached hydrogens (tertiary/aromatic N) is 1. The van der Waals surface area contributed by atoms with Crippen molar-refractivity contribution in [1.82, 2.24) is 5.32 Å². The lowest BCUT2D eigenvalue weighted by Crippen LogP contribution is -2.48. The molecule has 0 aromatic heterocycles. The molecule has 0 aliphatic heterocycles. The molecule has 2 rings (SSSR count). The van der Waals surface area contributed by atoms with Crippen LogP contribution in [0.3, 0.4) is 0 Å². The predicted octanol–water partition coefficient (Wildman–Crippen LogP) is 2.93. The van der Waals surface area contributed by atoms with Crippen LogP contribution in [0.5, 0.6) is 5.75 Å². The standard InChI is InChI=1S/C17H16F2N2O2/c1-2-8-23-15-13(18)9-12(10-14(15)19)16(22)21-17(11-20)6-4-3-5-7-17/h1,9-10H,3-8H2,(H,21,22). The molecule has 0 unspecified atom stereocenters. The Labute approximate surface area is 133 Å². The van der Waals surface area contributed by atoms with E-state index < -0.39 is 28.8 Å². The van der Waals surface area contributed by atoms with Crippen LogP contribution in [0.4, 0.5) is 8.78 Å². The van der Waals surface area contributed by atoms with Gasteiger partial charge in [-0.1, -0.05) is 25.2 Å². The van der Waals surface area contributed by atoms with Crippen LogP contribution < -0.4 is 10.1 Å². The number of nitrogens with one attached hydrogen (secondary N) is 1. The normalized spacial score (nSPS) is 16.0. The Kier molecular flexibility index (Phi) is 5.18. The molecule has 0 bridgehead atoms. The van der Waals surface area contributed by atoms with E-state index in [0.29, 0.717) is 12.8 Å². The van der Waals surface area contributed by atoms with Crippen LogP contribution >= 0.6 is 0 Å². The van der Waals surface area contributed by atoms with Crippen molar-refractivity contribution in [2.24, 2.45) is 0 Å². The number of carbonyl (C=O) groups is 1. The zero-order valence-electron chi connectivity index (χ0n) is 12.5. The van der Waals surface area contributed by atoms with E-state index in [1.165, 1.54) is 0 Å². The van der Waals surface area contributed by atoms with Gasteiger partial charge in [-0.05, 0) is 25.0 Å². The fourth-order valence-corrected chi connectivity index (χ4v) is 2.65. The van der Waals surface area contributed by atoms with Gasteiger partial charge >= 0.3 is 0 Å². The van der Waals surface area contributed by atoms with Crippen molar-refractivity contribution in [1.29, 1.82) is 5.26 Å². The summed E-state index contributed by atoms with van der Waals surface area (Å²) >= 11 is 0. The number of halogens is 2. The first kappa shape index (κ1) is 16.8. The molecule has 1 saturated carbocycles. The van der Waals surface area contributed by atoms with Crippen molar-refractivity contribution in [3.05, 3.63) is 29.3 Å². The molecule has 23 heavy (non-hydrogen) atoms. The molecule has 1 amide bonds. The molecule has 0 heterocycles. The van der Waals surface area contributed by atoms with Gasteiger partial charge in [0.2, 0.25) is 0 Å². The van der Waals surface area contributed by atoms with Gasteiger partial charge in [-0.2, -0.15) is 5.26 Å². The minimum Gasteiger partial charge on any atom is -0.475 e. The molecule has 6 heteroatoms. The molecule has 1 aliphatic rings. The molecule has 4 nitrogen and oxygen atoms in total. The summed E-state index contributed by atoms with van der Waals surface area (Å²) in [5, 5.41) is 11.9. The zero-order chi connectivity index (χ0) is 16.9. The molecule has 1 fully saturated rings. The minimum absolute atomic E-state index is 0.201. The maximum atomic E-state index is 13.9. The Morgan fingerprint density at radius 3 is 2.43 bits per heavy atom. The predicted molar refractivity (Wildman–Crippen MR) is 79.6 cm³/mol. The first-order valence-electron chi connectivity index (χ1n) is 7.30. The number of ether oxygens (including phenoxy) is 1. The van der Waals surface area contributed by atoms with Gasteiger partial charge in [0.1, 0.15) is 12.1 Å². The Balaban J connectivity index is 2.20. The van der Waals surface area contributed by atoms with Crippen molar-refractivity contribution in [2.45, 2.75) is 37.6 Å². The van der Waals surface area contributed by atoms with Crippen LogP contribution in [-0.4, -0.2) is 18.1 Å². The fraction of sp³-hybridized carbons (Fsp3) is 0.412. The summed E-state index contributed by atoms with van der Waals surface area (Å²) in [6, 6.07) is 3.87. The lowest BCUT2D eigenvalue weighted by atomic mass is 9.82. The summed E-state index contributed by atoms with van der Waals surface area (Å²) in [6.45, 7) is -0.281. The van der Waals surface area contributed by atoms with Crippen molar-refractivity contribution in [3.63, 3.8) is 0 Å². The maximum absolute atomic E-state index is 13.9. The van der Waals surface area contributed by atoms with Crippen molar-refractivity contribution in [3.8, 4) is 24.2 Å². The molecule has 0 atom stereocenters. The van der Waals surface area contributed by atoms with E-state index in [-0.39, 0.29) is 12.2 Å². The molecule has 120 valence electrons. The third-order valence-corrected chi connectivity index (χ3v) is 3.83. The summed E-state index contributed by atoms with van der Waals surface area (Å²) in [5.41, 5.74) is -1.17. The average Bonchev–Trinajstić information content (AvgIpc) is 2.55. The van der Waals surface area contributed by atoms with E-state index in [4.69, 9.17) is 11.2 Å². The molecular formula is C17H16F2N2O2. The Morgan fingerprint density at radius 1 is 1.30 bits per heavy atom. The van der Waals surface area contributed by atoms with Crippen molar-refractivity contribution in [2.75, 3.05) is 6.61 Å². The van der Waals surface area contributed by atoms with E-state index >= 15 is 0 Å². The summed E-state index contributed by atoms with van der Waals surface area (Å²) in [6.07, 6.45) is 8.70. The number of carbonyl (C=O) groups excluding carboxylic acids is 1. The van der Waals surface area contributed by atoms with Crippen LogP contribution in [-0.2, 0) is 0 Å². The molecular weight excluding hydrogens is 302 g/mol. The van der Waals surface area contributed by atoms with Gasteiger partial charge < -0.3 is 10.1 Å². The minimum atomic E-state index is -1.01. The van der Waals surface area contributed by atoms with Crippen molar-refractivity contribution < 1.29 is 18.3 Å². The lowest BCUT2D eigenvalue weighted by molar-refractivity contribution is 0.0901. The molecule has 0 saturated heterocycles. The molecule has 1 aliphatic carbocycles. The first-order valence-corrected chi connectivity index (χ1v) is 7.30. The number of nitriles is 1. The smallest absolute Gasteiger partial charge is 0.252 e. The number of rotatable bonds is 4. The molecule has 1 aromatic carbocycles. The number of amides is 1. The van der Waals surface area contributed by atoms with Crippen LogP contribution in [0.1, 0.15) is 42.5 Å². The van der Waals surface area contributed by atoms with Crippen molar-refractivity contribution >= 4 is 5.91 Å². The number of hydrogen-bond donors (Lipinski definition) is 1. The Hall–Kier alpha value is -2.60. The maximum Gasteiger partial charge on any atom is 0.252 e.